The smallest absolute Gasteiger partial charge is 0.337 e. The topological polar surface area (TPSA) is 138 Å². The van der Waals surface area contributed by atoms with E-state index in [1.165, 1.54) is 31.8 Å². The van der Waals surface area contributed by atoms with Crippen LogP contribution in [-0.2, 0) is 22.6 Å². The van der Waals surface area contributed by atoms with Crippen molar-refractivity contribution in [2.45, 2.75) is 20.0 Å². The van der Waals surface area contributed by atoms with E-state index in [4.69, 9.17) is 9.47 Å². The molecule has 0 unspecified atom stereocenters. The molecule has 0 radical (unpaired) electrons. The van der Waals surface area contributed by atoms with Gasteiger partial charge in [0.2, 0.25) is 0 Å². The summed E-state index contributed by atoms with van der Waals surface area (Å²) in [5, 5.41) is 5.55. The van der Waals surface area contributed by atoms with Crippen LogP contribution in [0.3, 0.4) is 0 Å². The lowest BCUT2D eigenvalue weighted by atomic mass is 10.1. The van der Waals surface area contributed by atoms with E-state index < -0.39 is 23.2 Å². The number of amides is 2. The summed E-state index contributed by atoms with van der Waals surface area (Å²) in [7, 11) is 2.75. The third-order valence-corrected chi connectivity index (χ3v) is 6.22. The Morgan fingerprint density at radius 1 is 0.825 bits per heavy atom. The number of Topliss-reactive ketones (excluding diaryl/α,β-unsaturated/α-hetero) is 1. The first kappa shape index (κ1) is 28.0. The highest BCUT2D eigenvalue weighted by Gasteiger charge is 2.16. The van der Waals surface area contributed by atoms with E-state index in [9.17, 15) is 24.0 Å². The molecule has 0 fully saturated rings. The Balaban J connectivity index is 1.71. The lowest BCUT2D eigenvalue weighted by Gasteiger charge is -2.16. The van der Waals surface area contributed by atoms with Gasteiger partial charge in [-0.3, -0.25) is 18.7 Å². The van der Waals surface area contributed by atoms with Crippen LogP contribution in [0.25, 0.3) is 10.9 Å². The molecular formula is C29H28N4O7. The van der Waals surface area contributed by atoms with Crippen LogP contribution in [0.4, 0.5) is 16.2 Å². The van der Waals surface area contributed by atoms with E-state index in [0.29, 0.717) is 33.6 Å². The van der Waals surface area contributed by atoms with Gasteiger partial charge in [-0.25, -0.2) is 14.4 Å². The zero-order valence-corrected chi connectivity index (χ0v) is 22.2. The summed E-state index contributed by atoms with van der Waals surface area (Å²) in [6.07, 6.45) is 0. The van der Waals surface area contributed by atoms with Crippen molar-refractivity contribution in [2.24, 2.45) is 0 Å². The second-order valence-corrected chi connectivity index (χ2v) is 8.96. The third kappa shape index (κ3) is 6.16. The third-order valence-electron chi connectivity index (χ3n) is 6.22. The van der Waals surface area contributed by atoms with Crippen LogP contribution < -0.4 is 21.9 Å². The molecule has 4 rings (SSSR count). The number of nitrogens with one attached hydrogen (secondary N) is 2. The normalized spacial score (nSPS) is 10.8. The molecule has 0 bridgehead atoms. The summed E-state index contributed by atoms with van der Waals surface area (Å²) < 4.78 is 12.4. The van der Waals surface area contributed by atoms with E-state index in [-0.39, 0.29) is 30.9 Å². The van der Waals surface area contributed by atoms with Crippen molar-refractivity contribution in [2.75, 3.05) is 31.5 Å². The lowest BCUT2D eigenvalue weighted by Crippen LogP contribution is -2.41. The van der Waals surface area contributed by atoms with Gasteiger partial charge in [0.05, 0.1) is 43.3 Å². The Hall–Kier alpha value is -5.03. The van der Waals surface area contributed by atoms with E-state index in [1.54, 1.807) is 60.7 Å². The monoisotopic (exact) mass is 544 g/mol. The fraction of sp³-hybridized carbons (Fsp3) is 0.207. The van der Waals surface area contributed by atoms with E-state index in [0.717, 1.165) is 4.57 Å². The fourth-order valence-electron chi connectivity index (χ4n) is 4.24. The maximum absolute atomic E-state index is 13.4. The van der Waals surface area contributed by atoms with Gasteiger partial charge in [0, 0.05) is 24.0 Å². The second kappa shape index (κ2) is 12.2. The average molecular weight is 545 g/mol. The zero-order chi connectivity index (χ0) is 28.8. The average Bonchev–Trinajstić information content (AvgIpc) is 2.95. The Bertz CT molecular complexity index is 1720. The molecule has 0 saturated carbocycles. The number of carbonyl (C=O) groups is 3. The largest absolute Gasteiger partial charge is 0.465 e. The fourth-order valence-corrected chi connectivity index (χ4v) is 4.24. The van der Waals surface area contributed by atoms with Crippen molar-refractivity contribution in [3.63, 3.8) is 0 Å². The molecule has 1 heterocycles. The number of aromatic nitrogens is 2. The van der Waals surface area contributed by atoms with Gasteiger partial charge in [-0.05, 0) is 55.0 Å². The Labute approximate surface area is 229 Å². The number of ether oxygens (including phenoxy) is 2. The number of benzene rings is 3. The van der Waals surface area contributed by atoms with Gasteiger partial charge in [0.1, 0.15) is 0 Å². The summed E-state index contributed by atoms with van der Waals surface area (Å²) in [6, 6.07) is 17.3. The van der Waals surface area contributed by atoms with Gasteiger partial charge in [-0.15, -0.1) is 0 Å². The number of esters is 1. The van der Waals surface area contributed by atoms with Gasteiger partial charge < -0.3 is 20.1 Å². The van der Waals surface area contributed by atoms with Gasteiger partial charge in [0.15, 0.2) is 5.78 Å². The van der Waals surface area contributed by atoms with Crippen LogP contribution >= 0.6 is 0 Å². The van der Waals surface area contributed by atoms with Gasteiger partial charge in [-0.2, -0.15) is 0 Å². The van der Waals surface area contributed by atoms with E-state index in [2.05, 4.69) is 10.6 Å². The standard InChI is InChI=1S/C29H28N4O7/c1-18(34)20-7-5-9-22(15-20)30-28(37)31-23-10-11-25-24(16-23)26(35)32(12-13-39-2)29(38)33(25)17-19-6-4-8-21(14-19)27(36)40-3/h4-11,14-16H,12-13,17H2,1-3H3,(H2,30,31,37). The quantitative estimate of drug-likeness (QED) is 0.243. The molecule has 0 spiro atoms. The number of fused-ring (bicyclic) bond motifs is 1. The van der Waals surface area contributed by atoms with Crippen molar-refractivity contribution in [1.29, 1.82) is 0 Å². The number of ketones is 1. The molecule has 2 N–H and O–H groups in total. The highest BCUT2D eigenvalue weighted by atomic mass is 16.5. The van der Waals surface area contributed by atoms with Crippen molar-refractivity contribution in [3.8, 4) is 0 Å². The molecule has 11 nitrogen and oxygen atoms in total. The van der Waals surface area contributed by atoms with Crippen LogP contribution in [0.1, 0.15) is 33.2 Å². The molecule has 2 amide bonds. The molecule has 0 aliphatic carbocycles. The van der Waals surface area contributed by atoms with Crippen molar-refractivity contribution >= 4 is 40.1 Å². The number of anilines is 2. The highest BCUT2D eigenvalue weighted by molar-refractivity contribution is 6.02. The number of nitrogens with zero attached hydrogens (tertiary/aromatic N) is 2. The molecule has 206 valence electrons. The van der Waals surface area contributed by atoms with Crippen LogP contribution in [0, 0.1) is 0 Å². The number of methoxy groups -OCH3 is 2. The maximum atomic E-state index is 13.4. The van der Waals surface area contributed by atoms with Gasteiger partial charge in [0.25, 0.3) is 5.56 Å². The first-order valence-corrected chi connectivity index (χ1v) is 12.3. The minimum Gasteiger partial charge on any atom is -0.465 e. The Morgan fingerprint density at radius 3 is 2.23 bits per heavy atom. The number of hydrogen-bond acceptors (Lipinski definition) is 7. The molecule has 0 saturated heterocycles. The first-order valence-electron chi connectivity index (χ1n) is 12.3. The summed E-state index contributed by atoms with van der Waals surface area (Å²) in [5.41, 5.74) is 1.46. The Kier molecular flexibility index (Phi) is 8.55. The molecule has 1 aromatic heterocycles. The lowest BCUT2D eigenvalue weighted by molar-refractivity contribution is 0.0600. The van der Waals surface area contributed by atoms with Gasteiger partial charge in [-0.1, -0.05) is 24.3 Å². The van der Waals surface area contributed by atoms with Crippen molar-refractivity contribution in [3.05, 3.63) is 104 Å². The highest BCUT2D eigenvalue weighted by Crippen LogP contribution is 2.18. The number of carbonyl (C=O) groups excluding carboxylic acids is 3. The summed E-state index contributed by atoms with van der Waals surface area (Å²) >= 11 is 0. The molecular weight excluding hydrogens is 516 g/mol. The summed E-state index contributed by atoms with van der Waals surface area (Å²) in [6.45, 7) is 1.67. The molecule has 3 aromatic carbocycles. The molecule has 40 heavy (non-hydrogen) atoms. The second-order valence-electron chi connectivity index (χ2n) is 8.96. The molecule has 0 aliphatic rings. The number of hydrogen-bond donors (Lipinski definition) is 2. The van der Waals surface area contributed by atoms with E-state index in [1.807, 2.05) is 0 Å². The minimum absolute atomic E-state index is 0.0247. The molecule has 0 aliphatic heterocycles. The van der Waals surface area contributed by atoms with Crippen LogP contribution in [-0.4, -0.2) is 47.7 Å². The van der Waals surface area contributed by atoms with Crippen molar-refractivity contribution in [1.82, 2.24) is 9.13 Å². The number of urea groups is 1. The van der Waals surface area contributed by atoms with Gasteiger partial charge >= 0.3 is 17.7 Å². The van der Waals surface area contributed by atoms with Crippen LogP contribution in [0.15, 0.2) is 76.3 Å². The van der Waals surface area contributed by atoms with Crippen LogP contribution in [0.5, 0.6) is 0 Å². The first-order chi connectivity index (χ1) is 19.2. The van der Waals surface area contributed by atoms with Crippen molar-refractivity contribution < 1.29 is 23.9 Å². The predicted molar refractivity (Wildman–Crippen MR) is 150 cm³/mol. The molecule has 11 heteroatoms. The summed E-state index contributed by atoms with van der Waals surface area (Å²) in [5.74, 6) is -0.641. The predicted octanol–water partition coefficient (Wildman–Crippen LogP) is 3.49. The zero-order valence-electron chi connectivity index (χ0n) is 22.2. The minimum atomic E-state index is -0.576. The number of rotatable bonds is 9. The maximum Gasteiger partial charge on any atom is 0.337 e. The SMILES string of the molecule is COCCn1c(=O)c2cc(NC(=O)Nc3cccc(C(C)=O)c3)ccc2n(Cc2cccc(C(=O)OC)c2)c1=O. The summed E-state index contributed by atoms with van der Waals surface area (Å²) in [4.78, 5) is 63.1. The van der Waals surface area contributed by atoms with E-state index >= 15 is 0 Å². The Morgan fingerprint density at radius 2 is 1.52 bits per heavy atom. The molecule has 0 atom stereocenters. The molecule has 4 aromatic rings. The van der Waals surface area contributed by atoms with Crippen LogP contribution in [0.2, 0.25) is 0 Å².